The van der Waals surface area contributed by atoms with E-state index in [-0.39, 0.29) is 0 Å². The van der Waals surface area contributed by atoms with Gasteiger partial charge >= 0.3 is 6.09 Å². The molecule has 0 aromatic heterocycles. The molecule has 0 spiro atoms. The van der Waals surface area contributed by atoms with E-state index < -0.39 is 37.6 Å². The second-order valence-electron chi connectivity index (χ2n) is 3.56. The quantitative estimate of drug-likeness (QED) is 0.440. The Bertz CT molecular complexity index is 221. The van der Waals surface area contributed by atoms with Crippen molar-refractivity contribution in [3.8, 4) is 0 Å². The zero-order valence-corrected chi connectivity index (χ0v) is 10.1. The predicted octanol–water partition coefficient (Wildman–Crippen LogP) is -1.46. The summed E-state index contributed by atoms with van der Waals surface area (Å²) >= 11 is 0. The SMILES string of the molecule is CCN(CC)C(=O)OC[C@@H](O)[C@H](O)[C@@H](O)CO. The van der Waals surface area contributed by atoms with E-state index in [1.165, 1.54) is 4.90 Å². The molecule has 0 rings (SSSR count). The minimum absolute atomic E-state index is 0.437. The number of rotatable bonds is 7. The highest BCUT2D eigenvalue weighted by molar-refractivity contribution is 5.67. The first-order valence-corrected chi connectivity index (χ1v) is 5.54. The van der Waals surface area contributed by atoms with Crippen LogP contribution in [0.3, 0.4) is 0 Å². The lowest BCUT2D eigenvalue weighted by atomic mass is 10.1. The number of ether oxygens (including phenoxy) is 1. The second kappa shape index (κ2) is 8.24. The van der Waals surface area contributed by atoms with Gasteiger partial charge in [0.05, 0.1) is 6.61 Å². The molecule has 0 aromatic carbocycles. The Balaban J connectivity index is 4.06. The van der Waals surface area contributed by atoms with Crippen molar-refractivity contribution in [1.82, 2.24) is 4.90 Å². The van der Waals surface area contributed by atoms with Gasteiger partial charge < -0.3 is 30.1 Å². The maximum absolute atomic E-state index is 11.4. The molecule has 7 heteroatoms. The van der Waals surface area contributed by atoms with Crippen LogP contribution < -0.4 is 0 Å². The molecule has 0 radical (unpaired) electrons. The van der Waals surface area contributed by atoms with Crippen molar-refractivity contribution in [1.29, 1.82) is 0 Å². The van der Waals surface area contributed by atoms with E-state index in [0.29, 0.717) is 13.1 Å². The Hall–Kier alpha value is -0.890. The highest BCUT2D eigenvalue weighted by atomic mass is 16.6. The summed E-state index contributed by atoms with van der Waals surface area (Å²) in [6, 6.07) is 0. The van der Waals surface area contributed by atoms with Crippen LogP contribution in [-0.4, -0.2) is 76.0 Å². The highest BCUT2D eigenvalue weighted by Gasteiger charge is 2.25. The van der Waals surface area contributed by atoms with E-state index in [4.69, 9.17) is 14.9 Å². The summed E-state index contributed by atoms with van der Waals surface area (Å²) in [6.07, 6.45) is -5.04. The molecule has 1 amide bonds. The summed E-state index contributed by atoms with van der Waals surface area (Å²) in [5, 5.41) is 36.3. The molecule has 4 N–H and O–H groups in total. The third-order valence-electron chi connectivity index (χ3n) is 2.37. The topological polar surface area (TPSA) is 110 Å². The van der Waals surface area contributed by atoms with Crippen LogP contribution in [0.1, 0.15) is 13.8 Å². The fourth-order valence-electron chi connectivity index (χ4n) is 1.19. The lowest BCUT2D eigenvalue weighted by molar-refractivity contribution is -0.0926. The van der Waals surface area contributed by atoms with Gasteiger partial charge in [-0.25, -0.2) is 4.79 Å². The third-order valence-corrected chi connectivity index (χ3v) is 2.37. The summed E-state index contributed by atoms with van der Waals surface area (Å²) in [7, 11) is 0. The number of aliphatic hydroxyl groups excluding tert-OH is 4. The molecule has 0 unspecified atom stereocenters. The van der Waals surface area contributed by atoms with Crippen LogP contribution in [0.15, 0.2) is 0 Å². The van der Waals surface area contributed by atoms with Gasteiger partial charge in [0.1, 0.15) is 24.9 Å². The fourth-order valence-corrected chi connectivity index (χ4v) is 1.19. The van der Waals surface area contributed by atoms with Gasteiger partial charge in [-0.15, -0.1) is 0 Å². The zero-order valence-electron chi connectivity index (χ0n) is 10.1. The van der Waals surface area contributed by atoms with Crippen LogP contribution in [0.2, 0.25) is 0 Å². The van der Waals surface area contributed by atoms with Crippen LogP contribution in [0.5, 0.6) is 0 Å². The van der Waals surface area contributed by atoms with Crippen LogP contribution in [0.25, 0.3) is 0 Å². The van der Waals surface area contributed by atoms with E-state index in [1.54, 1.807) is 13.8 Å². The average Bonchev–Trinajstić information content (AvgIpc) is 2.35. The Morgan fingerprint density at radius 2 is 1.71 bits per heavy atom. The van der Waals surface area contributed by atoms with Gasteiger partial charge in [-0.05, 0) is 13.8 Å². The van der Waals surface area contributed by atoms with Crippen molar-refractivity contribution in [2.75, 3.05) is 26.3 Å². The van der Waals surface area contributed by atoms with Crippen molar-refractivity contribution < 1.29 is 30.0 Å². The smallest absolute Gasteiger partial charge is 0.409 e. The van der Waals surface area contributed by atoms with Crippen molar-refractivity contribution in [2.45, 2.75) is 32.2 Å². The number of carbonyl (C=O) groups is 1. The molecule has 17 heavy (non-hydrogen) atoms. The molecule has 0 fully saturated rings. The Morgan fingerprint density at radius 1 is 1.18 bits per heavy atom. The van der Waals surface area contributed by atoms with Crippen LogP contribution in [0.4, 0.5) is 4.79 Å². The minimum Gasteiger partial charge on any atom is -0.447 e. The average molecular weight is 251 g/mol. The van der Waals surface area contributed by atoms with E-state index in [9.17, 15) is 15.0 Å². The van der Waals surface area contributed by atoms with Gasteiger partial charge in [-0.3, -0.25) is 0 Å². The van der Waals surface area contributed by atoms with Crippen molar-refractivity contribution in [3.63, 3.8) is 0 Å². The lowest BCUT2D eigenvalue weighted by Crippen LogP contribution is -2.43. The largest absolute Gasteiger partial charge is 0.447 e. The van der Waals surface area contributed by atoms with Gasteiger partial charge in [0.25, 0.3) is 0 Å². The molecular formula is C10H21NO6. The molecule has 0 saturated carbocycles. The van der Waals surface area contributed by atoms with Gasteiger partial charge in [0, 0.05) is 13.1 Å². The maximum atomic E-state index is 11.4. The number of carbonyl (C=O) groups excluding carboxylic acids is 1. The molecule has 7 nitrogen and oxygen atoms in total. The van der Waals surface area contributed by atoms with Gasteiger partial charge in [-0.1, -0.05) is 0 Å². The molecule has 0 aliphatic carbocycles. The summed E-state index contributed by atoms with van der Waals surface area (Å²) in [5.41, 5.74) is 0. The summed E-state index contributed by atoms with van der Waals surface area (Å²) < 4.78 is 4.75. The zero-order chi connectivity index (χ0) is 13.4. The Kier molecular flexibility index (Phi) is 7.81. The third kappa shape index (κ3) is 5.31. The normalized spacial score (nSPS) is 16.1. The van der Waals surface area contributed by atoms with Crippen LogP contribution in [-0.2, 0) is 4.74 Å². The maximum Gasteiger partial charge on any atom is 0.409 e. The molecule has 102 valence electrons. The summed E-state index contributed by atoms with van der Waals surface area (Å²) in [4.78, 5) is 12.8. The van der Waals surface area contributed by atoms with E-state index >= 15 is 0 Å². The van der Waals surface area contributed by atoms with Crippen LogP contribution >= 0.6 is 0 Å². The van der Waals surface area contributed by atoms with Gasteiger partial charge in [0.15, 0.2) is 0 Å². The molecule has 0 heterocycles. The lowest BCUT2D eigenvalue weighted by Gasteiger charge is -2.23. The first kappa shape index (κ1) is 16.1. The number of amides is 1. The first-order valence-electron chi connectivity index (χ1n) is 5.54. The molecule has 0 aliphatic heterocycles. The van der Waals surface area contributed by atoms with Crippen molar-refractivity contribution in [3.05, 3.63) is 0 Å². The Morgan fingerprint density at radius 3 is 2.12 bits per heavy atom. The Labute approximate surface area is 100 Å². The highest BCUT2D eigenvalue weighted by Crippen LogP contribution is 2.02. The van der Waals surface area contributed by atoms with E-state index in [2.05, 4.69) is 0 Å². The molecule has 0 aromatic rings. The number of aliphatic hydroxyl groups is 4. The molecule has 0 bridgehead atoms. The number of nitrogens with zero attached hydrogens (tertiary/aromatic N) is 1. The fraction of sp³-hybridized carbons (Fsp3) is 0.900. The molecular weight excluding hydrogens is 230 g/mol. The van der Waals surface area contributed by atoms with Gasteiger partial charge in [-0.2, -0.15) is 0 Å². The second-order valence-corrected chi connectivity index (χ2v) is 3.56. The minimum atomic E-state index is -1.55. The standard InChI is InChI=1S/C10H21NO6/c1-3-11(4-2)10(16)17-6-8(14)9(15)7(13)5-12/h7-9,12-15H,3-6H2,1-2H3/t7-,8+,9+/m0/s1. The summed E-state index contributed by atoms with van der Waals surface area (Å²) in [5.74, 6) is 0. The van der Waals surface area contributed by atoms with Crippen molar-refractivity contribution in [2.24, 2.45) is 0 Å². The monoisotopic (exact) mass is 251 g/mol. The number of hydrogen-bond acceptors (Lipinski definition) is 6. The van der Waals surface area contributed by atoms with Crippen molar-refractivity contribution >= 4 is 6.09 Å². The first-order chi connectivity index (χ1) is 7.97. The molecule has 3 atom stereocenters. The predicted molar refractivity (Wildman–Crippen MR) is 59.4 cm³/mol. The van der Waals surface area contributed by atoms with Gasteiger partial charge in [0.2, 0.25) is 0 Å². The van der Waals surface area contributed by atoms with Crippen LogP contribution in [0, 0.1) is 0 Å². The molecule has 0 aliphatic rings. The van der Waals surface area contributed by atoms with E-state index in [1.807, 2.05) is 0 Å². The van der Waals surface area contributed by atoms with E-state index in [0.717, 1.165) is 0 Å². The summed E-state index contributed by atoms with van der Waals surface area (Å²) in [6.45, 7) is 3.41. The number of hydrogen-bond donors (Lipinski definition) is 4. The molecule has 0 saturated heterocycles.